The highest BCUT2D eigenvalue weighted by molar-refractivity contribution is 6.46. The van der Waals surface area contributed by atoms with E-state index < -0.39 is 0 Å². The average Bonchev–Trinajstić information content (AvgIpc) is 2.51. The minimum Gasteiger partial charge on any atom is -0.414 e. The fraction of sp³-hybridized carbons (Fsp3) is 0.600. The summed E-state index contributed by atoms with van der Waals surface area (Å²) in [4.78, 5) is 2.47. The van der Waals surface area contributed by atoms with Gasteiger partial charge in [-0.2, -0.15) is 0 Å². The fourth-order valence-corrected chi connectivity index (χ4v) is 3.03. The largest absolute Gasteiger partial charge is 0.461 e. The van der Waals surface area contributed by atoms with Crippen LogP contribution in [-0.4, -0.2) is 52.5 Å². The van der Waals surface area contributed by atoms with Crippen LogP contribution in [0.3, 0.4) is 0 Å². The second-order valence-electron chi connectivity index (χ2n) is 5.20. The van der Waals surface area contributed by atoms with E-state index in [2.05, 4.69) is 42.2 Å². The Kier molecular flexibility index (Phi) is 6.04. The van der Waals surface area contributed by atoms with Crippen LogP contribution in [0.4, 0.5) is 0 Å². The van der Waals surface area contributed by atoms with Crippen molar-refractivity contribution in [3.8, 4) is 0 Å². The van der Waals surface area contributed by atoms with Crippen molar-refractivity contribution in [1.29, 1.82) is 0 Å². The van der Waals surface area contributed by atoms with Gasteiger partial charge < -0.3 is 14.0 Å². The number of hydrogen-bond acceptors (Lipinski definition) is 4. The molecule has 0 aliphatic carbocycles. The minimum absolute atomic E-state index is 0.206. The van der Waals surface area contributed by atoms with Crippen LogP contribution in [-0.2, 0) is 14.0 Å². The average molecular weight is 277 g/mol. The van der Waals surface area contributed by atoms with Gasteiger partial charge >= 0.3 is 7.12 Å². The van der Waals surface area contributed by atoms with Gasteiger partial charge in [0, 0.05) is 39.2 Å². The second kappa shape index (κ2) is 7.79. The maximum absolute atomic E-state index is 5.47. The predicted molar refractivity (Wildman–Crippen MR) is 80.8 cm³/mol. The third-order valence-electron chi connectivity index (χ3n) is 3.97. The molecule has 1 heterocycles. The molecular weight excluding hydrogens is 253 g/mol. The van der Waals surface area contributed by atoms with Gasteiger partial charge in [-0.25, -0.2) is 0 Å². The summed E-state index contributed by atoms with van der Waals surface area (Å²) in [6, 6.07) is 10.9. The van der Waals surface area contributed by atoms with E-state index in [-0.39, 0.29) is 19.0 Å². The molecule has 0 spiro atoms. The summed E-state index contributed by atoms with van der Waals surface area (Å²) < 4.78 is 16.4. The Hall–Kier alpha value is -0.875. The van der Waals surface area contributed by atoms with Crippen LogP contribution in [0.5, 0.6) is 0 Å². The second-order valence-corrected chi connectivity index (χ2v) is 5.20. The fourth-order valence-electron chi connectivity index (χ4n) is 3.03. The molecule has 1 aromatic carbocycles. The predicted octanol–water partition coefficient (Wildman–Crippen LogP) is 2.23. The standard InChI is InChI=1S/C15H24BNO3/c1-13(16(18-2)19-3)15(14-7-5-4-6-8-14)17-9-11-20-12-10-17/h4-8,13,15H,9-12H2,1-3H3/t13-,15+/m0/s1. The number of nitrogens with zero attached hydrogens (tertiary/aromatic N) is 1. The highest BCUT2D eigenvalue weighted by atomic mass is 16.6. The quantitative estimate of drug-likeness (QED) is 0.746. The molecule has 1 aliphatic heterocycles. The third-order valence-corrected chi connectivity index (χ3v) is 3.97. The van der Waals surface area contributed by atoms with Gasteiger partial charge in [-0.3, -0.25) is 4.90 Å². The van der Waals surface area contributed by atoms with E-state index in [1.165, 1.54) is 5.56 Å². The molecule has 4 nitrogen and oxygen atoms in total. The van der Waals surface area contributed by atoms with Crippen molar-refractivity contribution in [3.05, 3.63) is 35.9 Å². The van der Waals surface area contributed by atoms with Gasteiger partial charge in [-0.15, -0.1) is 0 Å². The first kappa shape index (κ1) is 15.5. The number of morpholine rings is 1. The smallest absolute Gasteiger partial charge is 0.414 e. The summed E-state index contributed by atoms with van der Waals surface area (Å²) >= 11 is 0. The van der Waals surface area contributed by atoms with E-state index in [4.69, 9.17) is 14.0 Å². The molecule has 1 aliphatic rings. The Morgan fingerprint density at radius 1 is 1.10 bits per heavy atom. The van der Waals surface area contributed by atoms with Crippen LogP contribution in [0.25, 0.3) is 0 Å². The molecule has 0 N–H and O–H groups in total. The van der Waals surface area contributed by atoms with Gasteiger partial charge in [0.2, 0.25) is 0 Å². The first-order valence-electron chi connectivity index (χ1n) is 7.20. The normalized spacial score (nSPS) is 19.6. The molecule has 20 heavy (non-hydrogen) atoms. The Balaban J connectivity index is 2.23. The molecule has 0 bridgehead atoms. The zero-order valence-corrected chi connectivity index (χ0v) is 12.6. The number of benzene rings is 1. The lowest BCUT2D eigenvalue weighted by Crippen LogP contribution is -2.43. The molecule has 0 saturated carbocycles. The lowest BCUT2D eigenvalue weighted by atomic mass is 9.66. The van der Waals surface area contributed by atoms with Crippen molar-refractivity contribution in [3.63, 3.8) is 0 Å². The zero-order valence-electron chi connectivity index (χ0n) is 12.6. The Morgan fingerprint density at radius 2 is 1.70 bits per heavy atom. The van der Waals surface area contributed by atoms with Crippen LogP contribution in [0.15, 0.2) is 30.3 Å². The van der Waals surface area contributed by atoms with Gasteiger partial charge in [0.15, 0.2) is 0 Å². The van der Waals surface area contributed by atoms with E-state index in [1.54, 1.807) is 14.2 Å². The molecule has 2 rings (SSSR count). The lowest BCUT2D eigenvalue weighted by Gasteiger charge is -2.39. The minimum atomic E-state index is -0.206. The molecule has 1 aromatic rings. The maximum Gasteiger partial charge on any atom is 0.461 e. The first-order chi connectivity index (χ1) is 9.77. The SMILES string of the molecule is COB(OC)[C@@H](C)[C@H](c1ccccc1)N1CCOCC1. The van der Waals surface area contributed by atoms with E-state index in [0.717, 1.165) is 26.3 Å². The van der Waals surface area contributed by atoms with Gasteiger partial charge in [0.05, 0.1) is 13.2 Å². The van der Waals surface area contributed by atoms with Gasteiger partial charge in [-0.05, 0) is 5.56 Å². The van der Waals surface area contributed by atoms with E-state index in [1.807, 2.05) is 0 Å². The van der Waals surface area contributed by atoms with Crippen molar-refractivity contribution < 1.29 is 14.0 Å². The summed E-state index contributed by atoms with van der Waals surface area (Å²) in [5, 5.41) is 0. The van der Waals surface area contributed by atoms with E-state index in [0.29, 0.717) is 0 Å². The van der Waals surface area contributed by atoms with Gasteiger partial charge in [0.1, 0.15) is 0 Å². The van der Waals surface area contributed by atoms with Crippen LogP contribution in [0, 0.1) is 0 Å². The van der Waals surface area contributed by atoms with Gasteiger partial charge in [-0.1, -0.05) is 37.3 Å². The molecule has 0 amide bonds. The number of ether oxygens (including phenoxy) is 1. The topological polar surface area (TPSA) is 30.9 Å². The zero-order chi connectivity index (χ0) is 14.4. The molecule has 5 heteroatoms. The molecule has 110 valence electrons. The van der Waals surface area contributed by atoms with Crippen LogP contribution in [0.1, 0.15) is 18.5 Å². The summed E-state index contributed by atoms with van der Waals surface area (Å²) in [5.41, 5.74) is 1.31. The summed E-state index contributed by atoms with van der Waals surface area (Å²) in [6.45, 7) is 5.67. The van der Waals surface area contributed by atoms with Crippen molar-refractivity contribution in [2.45, 2.75) is 18.8 Å². The van der Waals surface area contributed by atoms with Crippen molar-refractivity contribution in [2.24, 2.45) is 0 Å². The van der Waals surface area contributed by atoms with Crippen molar-refractivity contribution >= 4 is 7.12 Å². The maximum atomic E-state index is 5.47. The van der Waals surface area contributed by atoms with Crippen LogP contribution >= 0.6 is 0 Å². The summed E-state index contributed by atoms with van der Waals surface area (Å²) in [5.74, 6) is 0.241. The molecule has 2 atom stereocenters. The molecule has 0 aromatic heterocycles. The summed E-state index contributed by atoms with van der Waals surface area (Å²) in [7, 11) is 3.20. The molecule has 0 radical (unpaired) electrons. The molecule has 0 unspecified atom stereocenters. The van der Waals surface area contributed by atoms with Crippen molar-refractivity contribution in [2.75, 3.05) is 40.5 Å². The van der Waals surface area contributed by atoms with Crippen LogP contribution in [0.2, 0.25) is 5.82 Å². The number of rotatable bonds is 6. The highest BCUT2D eigenvalue weighted by Crippen LogP contribution is 2.35. The van der Waals surface area contributed by atoms with Gasteiger partial charge in [0.25, 0.3) is 0 Å². The van der Waals surface area contributed by atoms with Crippen LogP contribution < -0.4 is 0 Å². The van der Waals surface area contributed by atoms with E-state index >= 15 is 0 Å². The highest BCUT2D eigenvalue weighted by Gasteiger charge is 2.36. The Labute approximate surface area is 122 Å². The first-order valence-corrected chi connectivity index (χ1v) is 7.20. The molecule has 1 fully saturated rings. The summed E-state index contributed by atoms with van der Waals surface area (Å²) in [6.07, 6.45) is 0. The molecule has 1 saturated heterocycles. The Morgan fingerprint density at radius 3 is 2.25 bits per heavy atom. The number of hydrogen-bond donors (Lipinski definition) is 0. The lowest BCUT2D eigenvalue weighted by molar-refractivity contribution is 0.0128. The monoisotopic (exact) mass is 277 g/mol. The van der Waals surface area contributed by atoms with E-state index in [9.17, 15) is 0 Å². The Bertz CT molecular complexity index is 380. The molecular formula is C15H24BNO3. The van der Waals surface area contributed by atoms with Crippen molar-refractivity contribution in [1.82, 2.24) is 4.90 Å². The third kappa shape index (κ3) is 3.61.